The molecule has 0 aliphatic carbocycles. The normalized spacial score (nSPS) is 11.8. The van der Waals surface area contributed by atoms with Crippen LogP contribution in [0.5, 0.6) is 0 Å². The minimum atomic E-state index is 0.584. The number of hydrogen-bond acceptors (Lipinski definition) is 5. The van der Waals surface area contributed by atoms with Gasteiger partial charge < -0.3 is 8.83 Å². The Morgan fingerprint density at radius 1 is 0.312 bits per heavy atom. The predicted octanol–water partition coefficient (Wildman–Crippen LogP) is 11.5. The van der Waals surface area contributed by atoms with E-state index in [1.54, 1.807) is 0 Å². The first-order valence-electron chi connectivity index (χ1n) is 15.9. The van der Waals surface area contributed by atoms with E-state index >= 15 is 0 Å². The summed E-state index contributed by atoms with van der Waals surface area (Å²) >= 11 is 0. The van der Waals surface area contributed by atoms with Crippen molar-refractivity contribution in [2.24, 2.45) is 0 Å². The summed E-state index contributed by atoms with van der Waals surface area (Å²) in [5.74, 6) is 1.77. The van der Waals surface area contributed by atoms with Gasteiger partial charge in [0.1, 0.15) is 22.3 Å². The van der Waals surface area contributed by atoms with Crippen LogP contribution in [0, 0.1) is 0 Å². The topological polar surface area (TPSA) is 65.0 Å². The summed E-state index contributed by atoms with van der Waals surface area (Å²) in [6.07, 6.45) is 0. The molecule has 0 atom stereocenters. The van der Waals surface area contributed by atoms with Gasteiger partial charge in [-0.3, -0.25) is 0 Å². The van der Waals surface area contributed by atoms with Crippen molar-refractivity contribution in [3.63, 3.8) is 0 Å². The lowest BCUT2D eigenvalue weighted by molar-refractivity contribution is 0.668. The highest BCUT2D eigenvalue weighted by atomic mass is 16.3. The molecule has 0 radical (unpaired) electrons. The maximum atomic E-state index is 6.30. The summed E-state index contributed by atoms with van der Waals surface area (Å²) in [5, 5.41) is 6.26. The summed E-state index contributed by atoms with van der Waals surface area (Å²) in [6.45, 7) is 0. The smallest absolute Gasteiger partial charge is 0.164 e. The van der Waals surface area contributed by atoms with Gasteiger partial charge in [-0.1, -0.05) is 127 Å². The molecule has 7 aromatic carbocycles. The van der Waals surface area contributed by atoms with E-state index in [1.807, 2.05) is 60.7 Å². The number of rotatable bonds is 4. The largest absolute Gasteiger partial charge is 0.456 e. The molecule has 0 amide bonds. The molecule has 0 aliphatic rings. The Kier molecular flexibility index (Phi) is 5.81. The number of aromatic nitrogens is 3. The fraction of sp³-hybridized carbons (Fsp3) is 0. The first kappa shape index (κ1) is 26.6. The molecule has 0 fully saturated rings. The second kappa shape index (κ2) is 10.5. The van der Waals surface area contributed by atoms with Gasteiger partial charge in [0.25, 0.3) is 0 Å². The van der Waals surface area contributed by atoms with Crippen LogP contribution in [0.4, 0.5) is 0 Å². The quantitative estimate of drug-likeness (QED) is 0.197. The van der Waals surface area contributed by atoms with E-state index in [0.717, 1.165) is 82.5 Å². The molecule has 0 unspecified atom stereocenters. The monoisotopic (exact) mass is 615 g/mol. The molecule has 10 aromatic rings. The van der Waals surface area contributed by atoms with E-state index in [0.29, 0.717) is 17.5 Å². The Bertz CT molecular complexity index is 2830. The number of para-hydroxylation sites is 2. The second-order valence-electron chi connectivity index (χ2n) is 12.0. The zero-order valence-corrected chi connectivity index (χ0v) is 25.6. The third kappa shape index (κ3) is 4.15. The van der Waals surface area contributed by atoms with Gasteiger partial charge in [-0.2, -0.15) is 0 Å². The van der Waals surface area contributed by atoms with Crippen molar-refractivity contribution >= 4 is 54.6 Å². The average molecular weight is 616 g/mol. The number of furan rings is 2. The van der Waals surface area contributed by atoms with Gasteiger partial charge in [-0.25, -0.2) is 15.0 Å². The molecule has 0 bridgehead atoms. The number of nitrogens with zero attached hydrogens (tertiary/aromatic N) is 3. The summed E-state index contributed by atoms with van der Waals surface area (Å²) < 4.78 is 12.6. The van der Waals surface area contributed by atoms with Gasteiger partial charge in [0.05, 0.1) is 0 Å². The summed E-state index contributed by atoms with van der Waals surface area (Å²) in [7, 11) is 0. The van der Waals surface area contributed by atoms with E-state index in [9.17, 15) is 0 Å². The Labute approximate surface area is 274 Å². The highest BCUT2D eigenvalue weighted by molar-refractivity contribution is 6.22. The van der Waals surface area contributed by atoms with Crippen LogP contribution in [0.25, 0.3) is 99.9 Å². The van der Waals surface area contributed by atoms with Crippen LogP contribution in [0.3, 0.4) is 0 Å². The molecular weight excluding hydrogens is 590 g/mol. The fourth-order valence-electron chi connectivity index (χ4n) is 6.93. The highest BCUT2D eigenvalue weighted by Crippen LogP contribution is 2.41. The van der Waals surface area contributed by atoms with Crippen LogP contribution in [-0.4, -0.2) is 15.0 Å². The van der Waals surface area contributed by atoms with Crippen LogP contribution in [0.2, 0.25) is 0 Å². The van der Waals surface area contributed by atoms with E-state index in [2.05, 4.69) is 91.0 Å². The van der Waals surface area contributed by atoms with E-state index in [1.165, 1.54) is 0 Å². The van der Waals surface area contributed by atoms with Crippen molar-refractivity contribution in [3.8, 4) is 45.3 Å². The predicted molar refractivity (Wildman–Crippen MR) is 194 cm³/mol. The third-order valence-electron chi connectivity index (χ3n) is 9.15. The van der Waals surface area contributed by atoms with Crippen molar-refractivity contribution in [2.45, 2.75) is 0 Å². The Morgan fingerprint density at radius 2 is 0.833 bits per heavy atom. The van der Waals surface area contributed by atoms with Crippen molar-refractivity contribution in [3.05, 3.63) is 152 Å². The summed E-state index contributed by atoms with van der Waals surface area (Å²) in [6, 6.07) is 51.6. The first-order chi connectivity index (χ1) is 23.8. The minimum Gasteiger partial charge on any atom is -0.456 e. The van der Waals surface area contributed by atoms with Gasteiger partial charge in [0, 0.05) is 43.6 Å². The van der Waals surface area contributed by atoms with Gasteiger partial charge >= 0.3 is 0 Å². The van der Waals surface area contributed by atoms with Gasteiger partial charge in [0.15, 0.2) is 17.5 Å². The fourth-order valence-corrected chi connectivity index (χ4v) is 6.93. The average Bonchev–Trinajstić information content (AvgIpc) is 3.73. The lowest BCUT2D eigenvalue weighted by Gasteiger charge is -2.12. The van der Waals surface area contributed by atoms with Gasteiger partial charge in [0.2, 0.25) is 0 Å². The maximum Gasteiger partial charge on any atom is 0.164 e. The highest BCUT2D eigenvalue weighted by Gasteiger charge is 2.20. The number of benzene rings is 7. The Hall–Kier alpha value is -6.59. The van der Waals surface area contributed by atoms with Crippen LogP contribution in [-0.2, 0) is 0 Å². The number of fused-ring (bicyclic) bond motifs is 8. The third-order valence-corrected chi connectivity index (χ3v) is 9.15. The molecule has 5 heteroatoms. The first-order valence-corrected chi connectivity index (χ1v) is 15.9. The lowest BCUT2D eigenvalue weighted by Crippen LogP contribution is -2.01. The summed E-state index contributed by atoms with van der Waals surface area (Å²) in [5.41, 5.74) is 8.31. The van der Waals surface area contributed by atoms with E-state index < -0.39 is 0 Å². The van der Waals surface area contributed by atoms with Gasteiger partial charge in [-0.15, -0.1) is 0 Å². The molecule has 0 aliphatic heterocycles. The van der Waals surface area contributed by atoms with Crippen molar-refractivity contribution < 1.29 is 8.83 Å². The lowest BCUT2D eigenvalue weighted by atomic mass is 9.98. The van der Waals surface area contributed by atoms with Crippen LogP contribution < -0.4 is 0 Å². The van der Waals surface area contributed by atoms with Crippen LogP contribution >= 0.6 is 0 Å². The number of hydrogen-bond donors (Lipinski definition) is 0. The van der Waals surface area contributed by atoms with Crippen LogP contribution in [0.1, 0.15) is 0 Å². The molecule has 0 saturated carbocycles. The molecular formula is C43H25N3O2. The summed E-state index contributed by atoms with van der Waals surface area (Å²) in [4.78, 5) is 15.5. The molecule has 3 heterocycles. The zero-order valence-electron chi connectivity index (χ0n) is 25.6. The van der Waals surface area contributed by atoms with E-state index in [-0.39, 0.29) is 0 Å². The molecule has 0 saturated heterocycles. The van der Waals surface area contributed by atoms with Crippen molar-refractivity contribution in [1.82, 2.24) is 15.0 Å². The van der Waals surface area contributed by atoms with Gasteiger partial charge in [-0.05, 0) is 40.8 Å². The standard InChI is InChI=1S/C43H25N3O2/c1-2-10-26(11-3-1)27-20-22-29(23-21-27)41-44-42(46-43(45-41)33-16-9-19-36-39(33)30-13-4-6-17-34(30)47-36)32-15-8-12-28-24-25-37-40(38(28)32)31-14-5-7-18-35(31)48-37/h1-25H. The van der Waals surface area contributed by atoms with E-state index in [4.69, 9.17) is 23.8 Å². The molecule has 0 N–H and O–H groups in total. The Morgan fingerprint density at radius 3 is 1.56 bits per heavy atom. The molecule has 48 heavy (non-hydrogen) atoms. The van der Waals surface area contributed by atoms with Crippen molar-refractivity contribution in [2.75, 3.05) is 0 Å². The minimum absolute atomic E-state index is 0.584. The molecule has 3 aromatic heterocycles. The molecule has 10 rings (SSSR count). The second-order valence-corrected chi connectivity index (χ2v) is 12.0. The van der Waals surface area contributed by atoms with Crippen molar-refractivity contribution in [1.29, 1.82) is 0 Å². The van der Waals surface area contributed by atoms with Crippen LogP contribution in [0.15, 0.2) is 160 Å². The molecule has 5 nitrogen and oxygen atoms in total. The zero-order chi connectivity index (χ0) is 31.6. The maximum absolute atomic E-state index is 6.30. The molecule has 0 spiro atoms. The molecule has 224 valence electrons. The SMILES string of the molecule is c1ccc(-c2ccc(-c3nc(-c4cccc5oc6ccccc6c45)nc(-c4cccc5ccc6oc7ccccc7c6c45)n3)cc2)cc1. The Balaban J connectivity index is 1.26.